The van der Waals surface area contributed by atoms with Gasteiger partial charge < -0.3 is 89.9 Å². The summed E-state index contributed by atoms with van der Waals surface area (Å²) in [5.74, 6) is -0.234. The second kappa shape index (κ2) is 55.6. The molecule has 3 aliphatic heterocycles. The third-order valence-electron chi connectivity index (χ3n) is 19.7. The number of carbonyl (C=O) groups excluding carboxylic acids is 1. The Morgan fingerprint density at radius 3 is 0.946 bits per heavy atom. The van der Waals surface area contributed by atoms with Gasteiger partial charge in [0.1, 0.15) is 73.2 Å². The number of ether oxygens (including phenoxy) is 6. The maximum Gasteiger partial charge on any atom is 0.220 e. The van der Waals surface area contributed by atoms with E-state index in [2.05, 4.69) is 19.2 Å². The maximum absolute atomic E-state index is 13.5. The van der Waals surface area contributed by atoms with Crippen LogP contribution in [0.25, 0.3) is 0 Å². The van der Waals surface area contributed by atoms with Gasteiger partial charge in [-0.3, -0.25) is 4.79 Å². The number of amides is 1. The number of aliphatic hydroxyl groups excluding tert-OH is 11. The molecule has 12 N–H and O–H groups in total. The molecule has 0 aromatic heterocycles. The van der Waals surface area contributed by atoms with Crippen LogP contribution >= 0.6 is 0 Å². The molecule has 0 aliphatic carbocycles. The van der Waals surface area contributed by atoms with E-state index in [0.717, 1.165) is 44.9 Å². The summed E-state index contributed by atoms with van der Waals surface area (Å²) in [6.45, 7) is 1.87. The smallest absolute Gasteiger partial charge is 0.220 e. The summed E-state index contributed by atoms with van der Waals surface area (Å²) in [7, 11) is 0. The first-order valence-corrected chi connectivity index (χ1v) is 38.3. The van der Waals surface area contributed by atoms with Crippen LogP contribution in [-0.4, -0.2) is 193 Å². The molecule has 0 bridgehead atoms. The van der Waals surface area contributed by atoms with Crippen LogP contribution in [0.4, 0.5) is 0 Å². The van der Waals surface area contributed by atoms with E-state index in [4.69, 9.17) is 28.4 Å². The molecular weight excluding hydrogens is 1180 g/mol. The zero-order chi connectivity index (χ0) is 66.8. The molecule has 3 aliphatic rings. The van der Waals surface area contributed by atoms with Gasteiger partial charge in [0.05, 0.1) is 38.6 Å². The van der Waals surface area contributed by atoms with E-state index < -0.39 is 124 Å². The lowest BCUT2D eigenvalue weighted by Gasteiger charge is -2.48. The van der Waals surface area contributed by atoms with Crippen molar-refractivity contribution >= 4 is 5.91 Å². The molecule has 0 saturated carbocycles. The molecule has 1 amide bonds. The Morgan fingerprint density at radius 2 is 0.620 bits per heavy atom. The molecule has 92 heavy (non-hydrogen) atoms. The first-order chi connectivity index (χ1) is 44.8. The van der Waals surface area contributed by atoms with Crippen molar-refractivity contribution in [3.8, 4) is 0 Å². The molecule has 0 radical (unpaired) electrons. The minimum atomic E-state index is -1.97. The second-order valence-corrected chi connectivity index (χ2v) is 27.8. The molecule has 19 nitrogen and oxygen atoms in total. The third-order valence-corrected chi connectivity index (χ3v) is 19.7. The van der Waals surface area contributed by atoms with Gasteiger partial charge in [-0.25, -0.2) is 0 Å². The van der Waals surface area contributed by atoms with E-state index in [1.54, 1.807) is 0 Å². The Kier molecular flexibility index (Phi) is 51.4. The predicted octanol–water partition coefficient (Wildman–Crippen LogP) is 11.5. The number of hydrogen-bond donors (Lipinski definition) is 12. The van der Waals surface area contributed by atoms with Crippen LogP contribution in [0.5, 0.6) is 0 Å². The van der Waals surface area contributed by atoms with Gasteiger partial charge in [-0.15, -0.1) is 0 Å². The van der Waals surface area contributed by atoms with E-state index in [1.165, 1.54) is 250 Å². The van der Waals surface area contributed by atoms with Gasteiger partial charge in [-0.05, 0) is 12.8 Å². The molecule has 3 heterocycles. The lowest BCUT2D eigenvalue weighted by atomic mass is 9.96. The normalized spacial score (nSPS) is 27.6. The first-order valence-electron chi connectivity index (χ1n) is 38.3. The van der Waals surface area contributed by atoms with Gasteiger partial charge in [0.25, 0.3) is 0 Å². The van der Waals surface area contributed by atoms with Crippen LogP contribution in [0, 0.1) is 0 Å². The highest BCUT2D eigenvalue weighted by molar-refractivity contribution is 5.76. The van der Waals surface area contributed by atoms with Crippen molar-refractivity contribution in [3.05, 3.63) is 0 Å². The molecule has 3 rings (SSSR count). The van der Waals surface area contributed by atoms with E-state index in [0.29, 0.717) is 12.8 Å². The van der Waals surface area contributed by atoms with Crippen LogP contribution in [0.3, 0.4) is 0 Å². The lowest BCUT2D eigenvalue weighted by molar-refractivity contribution is -0.379. The van der Waals surface area contributed by atoms with Crippen molar-refractivity contribution in [2.24, 2.45) is 0 Å². The zero-order valence-electron chi connectivity index (χ0n) is 58.1. The van der Waals surface area contributed by atoms with E-state index >= 15 is 0 Å². The third kappa shape index (κ3) is 36.6. The molecule has 17 atom stereocenters. The summed E-state index contributed by atoms with van der Waals surface area (Å²) in [6, 6.07) is -0.882. The molecule has 3 saturated heterocycles. The summed E-state index contributed by atoms with van der Waals surface area (Å²) >= 11 is 0. The molecule has 0 aromatic carbocycles. The van der Waals surface area contributed by atoms with E-state index in [-0.39, 0.29) is 18.9 Å². The SMILES string of the molecule is CCCCCCCCCCCCCCCCCCCCCCCCCCC(O)C(COC1OC(CO)C(OC2OC(CO)C(OC3OC(CO)C(O)C(O)C3O)C(O)C2O)C(O)C1O)NC(=O)CCCCCCCCCCCCCCCCCCCCCCCCC. The van der Waals surface area contributed by atoms with Crippen LogP contribution in [0.1, 0.15) is 328 Å². The van der Waals surface area contributed by atoms with Crippen molar-refractivity contribution in [2.75, 3.05) is 26.4 Å². The molecule has 19 heteroatoms. The van der Waals surface area contributed by atoms with Crippen molar-refractivity contribution in [1.29, 1.82) is 0 Å². The largest absolute Gasteiger partial charge is 0.394 e. The quantitative estimate of drug-likeness (QED) is 0.0252. The van der Waals surface area contributed by atoms with Crippen LogP contribution in [-0.2, 0) is 33.2 Å². The minimum absolute atomic E-state index is 0.234. The number of rotatable bonds is 61. The molecule has 546 valence electrons. The average Bonchev–Trinajstić information content (AvgIpc) is 0.856. The van der Waals surface area contributed by atoms with Gasteiger partial charge in [0, 0.05) is 6.42 Å². The van der Waals surface area contributed by atoms with Gasteiger partial charge in [-0.1, -0.05) is 309 Å². The lowest BCUT2D eigenvalue weighted by Crippen LogP contribution is -2.66. The van der Waals surface area contributed by atoms with Crippen LogP contribution in [0.15, 0.2) is 0 Å². The van der Waals surface area contributed by atoms with Crippen molar-refractivity contribution in [2.45, 2.75) is 433 Å². The average molecular weight is 1320 g/mol. The van der Waals surface area contributed by atoms with Gasteiger partial charge in [0.2, 0.25) is 5.91 Å². The van der Waals surface area contributed by atoms with Crippen molar-refractivity contribution < 1.29 is 89.4 Å². The van der Waals surface area contributed by atoms with Gasteiger partial charge >= 0.3 is 0 Å². The van der Waals surface area contributed by atoms with Crippen molar-refractivity contribution in [3.63, 3.8) is 0 Å². The van der Waals surface area contributed by atoms with Crippen LogP contribution in [0.2, 0.25) is 0 Å². The molecule has 0 spiro atoms. The second-order valence-electron chi connectivity index (χ2n) is 27.8. The fourth-order valence-corrected chi connectivity index (χ4v) is 13.5. The number of carbonyl (C=O) groups is 1. The number of aliphatic hydroxyl groups is 11. The summed E-state index contributed by atoms with van der Waals surface area (Å²) in [6.07, 6.45) is 34.7. The maximum atomic E-state index is 13.5. The zero-order valence-corrected chi connectivity index (χ0v) is 58.1. The molecule has 3 fully saturated rings. The Labute approximate surface area is 557 Å². The van der Waals surface area contributed by atoms with Gasteiger partial charge in [0.15, 0.2) is 18.9 Å². The fraction of sp³-hybridized carbons (Fsp3) is 0.986. The number of nitrogens with one attached hydrogen (secondary N) is 1. The number of hydrogen-bond acceptors (Lipinski definition) is 18. The van der Waals surface area contributed by atoms with E-state index in [1.807, 2.05) is 0 Å². The highest BCUT2D eigenvalue weighted by Gasteiger charge is 2.53. The Bertz CT molecular complexity index is 1670. The summed E-state index contributed by atoms with van der Waals surface area (Å²) < 4.78 is 34.5. The minimum Gasteiger partial charge on any atom is -0.394 e. The fourth-order valence-electron chi connectivity index (χ4n) is 13.5. The Morgan fingerprint density at radius 1 is 0.348 bits per heavy atom. The van der Waals surface area contributed by atoms with Crippen molar-refractivity contribution in [1.82, 2.24) is 5.32 Å². The van der Waals surface area contributed by atoms with E-state index in [9.17, 15) is 61.0 Å². The highest BCUT2D eigenvalue weighted by atomic mass is 16.8. The molecule has 17 unspecified atom stereocenters. The van der Waals surface area contributed by atoms with Gasteiger partial charge in [-0.2, -0.15) is 0 Å². The molecule has 0 aromatic rings. The molecular formula is C73H141NO18. The first kappa shape index (κ1) is 85.0. The standard InChI is InChI=1S/C73H141NO18/c1-3-5-7-9-11-13-15-17-19-21-23-25-27-29-30-32-34-36-38-40-42-44-46-48-50-57(78)56(74-61(79)51-49-47-45-43-41-39-37-35-33-31-28-26-24-22-20-18-16-14-12-10-8-6-4-2)55-87-71-67(85)64(82)69(59(53-76)89-71)92-73-68(86)65(83)70(60(54-77)90-73)91-72-66(84)63(81)62(80)58(52-75)88-72/h56-60,62-73,75-78,80-86H,3-55H2,1-2H3,(H,74,79). The monoisotopic (exact) mass is 1320 g/mol. The number of unbranched alkanes of at least 4 members (excludes halogenated alkanes) is 45. The summed E-state index contributed by atoms with van der Waals surface area (Å²) in [4.78, 5) is 13.5. The summed E-state index contributed by atoms with van der Waals surface area (Å²) in [5, 5.41) is 121. The topological polar surface area (TPSA) is 307 Å². The Hall–Kier alpha value is -1.21. The predicted molar refractivity (Wildman–Crippen MR) is 361 cm³/mol. The highest BCUT2D eigenvalue weighted by Crippen LogP contribution is 2.33. The summed E-state index contributed by atoms with van der Waals surface area (Å²) in [5.41, 5.74) is 0. The Balaban J connectivity index is 1.39. The van der Waals surface area contributed by atoms with Crippen LogP contribution < -0.4 is 5.32 Å².